The number of piperazine rings is 1. The van der Waals surface area contributed by atoms with Crippen LogP contribution in [0.5, 0.6) is 5.75 Å². The van der Waals surface area contributed by atoms with Crippen molar-refractivity contribution in [2.45, 2.75) is 0 Å². The summed E-state index contributed by atoms with van der Waals surface area (Å²) in [6.45, 7) is 4.10. The van der Waals surface area contributed by atoms with Crippen LogP contribution < -0.4 is 16.0 Å². The Morgan fingerprint density at radius 3 is 2.36 bits per heavy atom. The van der Waals surface area contributed by atoms with Gasteiger partial charge in [-0.1, -0.05) is 11.6 Å². The largest absolute Gasteiger partial charge is 0.508 e. The first-order valence-corrected chi connectivity index (χ1v) is 9.53. The highest BCUT2D eigenvalue weighted by Crippen LogP contribution is 2.19. The van der Waals surface area contributed by atoms with Crippen LogP contribution in [0.1, 0.15) is 10.4 Å². The van der Waals surface area contributed by atoms with E-state index in [1.54, 1.807) is 12.1 Å². The summed E-state index contributed by atoms with van der Waals surface area (Å²) in [5, 5.41) is 12.8. The molecule has 1 amide bonds. The Morgan fingerprint density at radius 1 is 1.07 bits per heavy atom. The SMILES string of the molecule is NC(=NCCNC(=O)c1ccc(O)cc1)N1CCN(c2ccc(Cl)cc2)CC1. The number of amides is 1. The molecule has 0 saturated carbocycles. The molecule has 1 aliphatic heterocycles. The van der Waals surface area contributed by atoms with Gasteiger partial charge in [-0.2, -0.15) is 0 Å². The third-order valence-corrected chi connectivity index (χ3v) is 4.85. The van der Waals surface area contributed by atoms with Gasteiger partial charge in [0.25, 0.3) is 5.91 Å². The highest BCUT2D eigenvalue weighted by atomic mass is 35.5. The number of hydrogen-bond donors (Lipinski definition) is 3. The van der Waals surface area contributed by atoms with Crippen LogP contribution in [0.25, 0.3) is 0 Å². The van der Waals surface area contributed by atoms with Crippen molar-refractivity contribution in [1.29, 1.82) is 0 Å². The Labute approximate surface area is 169 Å². The van der Waals surface area contributed by atoms with Crippen LogP contribution in [0.4, 0.5) is 5.69 Å². The fraction of sp³-hybridized carbons (Fsp3) is 0.300. The lowest BCUT2D eigenvalue weighted by Crippen LogP contribution is -2.51. The maximum Gasteiger partial charge on any atom is 0.251 e. The van der Waals surface area contributed by atoms with Gasteiger partial charge in [0, 0.05) is 49.0 Å². The first kappa shape index (κ1) is 19.8. The van der Waals surface area contributed by atoms with Gasteiger partial charge in [0.1, 0.15) is 5.75 Å². The van der Waals surface area contributed by atoms with Gasteiger partial charge in [0.2, 0.25) is 0 Å². The van der Waals surface area contributed by atoms with E-state index in [9.17, 15) is 9.90 Å². The molecular weight excluding hydrogens is 378 g/mol. The molecule has 0 spiro atoms. The molecule has 2 aromatic carbocycles. The molecule has 3 rings (SSSR count). The molecule has 28 heavy (non-hydrogen) atoms. The minimum atomic E-state index is -0.203. The fourth-order valence-electron chi connectivity index (χ4n) is 3.00. The predicted molar refractivity (Wildman–Crippen MR) is 112 cm³/mol. The van der Waals surface area contributed by atoms with E-state index in [-0.39, 0.29) is 11.7 Å². The highest BCUT2D eigenvalue weighted by Gasteiger charge is 2.18. The van der Waals surface area contributed by atoms with Crippen molar-refractivity contribution in [3.05, 3.63) is 59.1 Å². The van der Waals surface area contributed by atoms with Crippen molar-refractivity contribution < 1.29 is 9.90 Å². The van der Waals surface area contributed by atoms with Crippen molar-refractivity contribution in [3.8, 4) is 5.75 Å². The van der Waals surface area contributed by atoms with Crippen LogP contribution in [0.2, 0.25) is 5.02 Å². The van der Waals surface area contributed by atoms with Crippen LogP contribution in [0.15, 0.2) is 53.5 Å². The number of nitrogens with two attached hydrogens (primary N) is 1. The number of phenols is 1. The molecule has 7 nitrogen and oxygen atoms in total. The van der Waals surface area contributed by atoms with Gasteiger partial charge >= 0.3 is 0 Å². The number of carbonyl (C=O) groups is 1. The molecular formula is C20H24ClN5O2. The molecule has 1 heterocycles. The Hall–Kier alpha value is -2.93. The van der Waals surface area contributed by atoms with E-state index < -0.39 is 0 Å². The Morgan fingerprint density at radius 2 is 1.71 bits per heavy atom. The van der Waals surface area contributed by atoms with E-state index in [1.807, 2.05) is 29.2 Å². The first-order chi connectivity index (χ1) is 13.5. The number of aromatic hydroxyl groups is 1. The summed E-state index contributed by atoms with van der Waals surface area (Å²) in [7, 11) is 0. The second kappa shape index (κ2) is 9.32. The first-order valence-electron chi connectivity index (χ1n) is 9.15. The number of anilines is 1. The number of phenolic OH excluding ortho intramolecular Hbond substituents is 1. The second-order valence-corrected chi connectivity index (χ2v) is 6.93. The molecule has 4 N–H and O–H groups in total. The summed E-state index contributed by atoms with van der Waals surface area (Å²) < 4.78 is 0. The zero-order chi connectivity index (χ0) is 19.9. The number of nitrogens with zero attached hydrogens (tertiary/aromatic N) is 3. The maximum atomic E-state index is 12.0. The van der Waals surface area contributed by atoms with Crippen LogP contribution >= 0.6 is 11.6 Å². The number of benzene rings is 2. The molecule has 0 atom stereocenters. The minimum Gasteiger partial charge on any atom is -0.508 e. The van der Waals surface area contributed by atoms with Gasteiger partial charge in [-0.05, 0) is 48.5 Å². The zero-order valence-corrected chi connectivity index (χ0v) is 16.3. The van der Waals surface area contributed by atoms with Gasteiger partial charge in [-0.3, -0.25) is 9.79 Å². The lowest BCUT2D eigenvalue weighted by atomic mass is 10.2. The lowest BCUT2D eigenvalue weighted by molar-refractivity contribution is 0.0955. The van der Waals surface area contributed by atoms with Crippen molar-refractivity contribution in [3.63, 3.8) is 0 Å². The summed E-state index contributed by atoms with van der Waals surface area (Å²) in [6.07, 6.45) is 0. The van der Waals surface area contributed by atoms with E-state index >= 15 is 0 Å². The van der Waals surface area contributed by atoms with Crippen molar-refractivity contribution in [2.24, 2.45) is 10.7 Å². The number of nitrogens with one attached hydrogen (secondary N) is 1. The minimum absolute atomic E-state index is 0.130. The monoisotopic (exact) mass is 401 g/mol. The standard InChI is InChI=1S/C20H24ClN5O2/c21-16-3-5-17(6-4-16)25-11-13-26(14-12-25)20(22)24-10-9-23-19(28)15-1-7-18(27)8-2-15/h1-8,27H,9-14H2,(H2,22,24)(H,23,28). The molecule has 0 radical (unpaired) electrons. The van der Waals surface area contributed by atoms with Crippen molar-refractivity contribution in [1.82, 2.24) is 10.2 Å². The molecule has 0 bridgehead atoms. The number of halogens is 1. The number of rotatable bonds is 5. The fourth-order valence-corrected chi connectivity index (χ4v) is 3.13. The predicted octanol–water partition coefficient (Wildman–Crippen LogP) is 1.91. The highest BCUT2D eigenvalue weighted by molar-refractivity contribution is 6.30. The molecule has 2 aromatic rings. The van der Waals surface area contributed by atoms with Gasteiger partial charge in [0.05, 0.1) is 6.54 Å². The third-order valence-electron chi connectivity index (χ3n) is 4.60. The molecule has 1 saturated heterocycles. The molecule has 0 unspecified atom stereocenters. The van der Waals surface area contributed by atoms with Crippen molar-refractivity contribution in [2.75, 3.05) is 44.2 Å². The maximum absolute atomic E-state index is 12.0. The normalized spacial score (nSPS) is 14.8. The van der Waals surface area contributed by atoms with Gasteiger partial charge in [-0.25, -0.2) is 0 Å². The van der Waals surface area contributed by atoms with Crippen LogP contribution in [-0.2, 0) is 0 Å². The average molecular weight is 402 g/mol. The van der Waals surface area contributed by atoms with Crippen LogP contribution in [-0.4, -0.2) is 61.1 Å². The van der Waals surface area contributed by atoms with Gasteiger partial charge in [-0.15, -0.1) is 0 Å². The molecule has 0 aromatic heterocycles. The molecule has 1 fully saturated rings. The van der Waals surface area contributed by atoms with Gasteiger partial charge in [0.15, 0.2) is 5.96 Å². The summed E-state index contributed by atoms with van der Waals surface area (Å²) >= 11 is 5.94. The van der Waals surface area contributed by atoms with Crippen molar-refractivity contribution >= 4 is 29.2 Å². The zero-order valence-electron chi connectivity index (χ0n) is 15.5. The third kappa shape index (κ3) is 5.29. The summed E-state index contributed by atoms with van der Waals surface area (Å²) in [6, 6.07) is 13.9. The molecule has 148 valence electrons. The molecule has 8 heteroatoms. The Balaban J connectivity index is 1.41. The average Bonchev–Trinajstić information content (AvgIpc) is 2.72. The summed E-state index contributed by atoms with van der Waals surface area (Å²) in [5.74, 6) is 0.421. The smallest absolute Gasteiger partial charge is 0.251 e. The van der Waals surface area contributed by atoms with E-state index in [2.05, 4.69) is 15.2 Å². The quantitative estimate of drug-likeness (QED) is 0.404. The number of guanidine groups is 1. The van der Waals surface area contributed by atoms with E-state index in [1.165, 1.54) is 12.1 Å². The van der Waals surface area contributed by atoms with Gasteiger partial charge < -0.3 is 26.0 Å². The number of aliphatic imine (C=N–C) groups is 1. The van der Waals surface area contributed by atoms with E-state index in [0.717, 1.165) is 36.9 Å². The second-order valence-electron chi connectivity index (χ2n) is 6.49. The summed E-state index contributed by atoms with van der Waals surface area (Å²) in [4.78, 5) is 20.7. The number of hydrogen-bond acceptors (Lipinski definition) is 4. The van der Waals surface area contributed by atoms with E-state index in [0.29, 0.717) is 24.6 Å². The molecule has 0 aliphatic carbocycles. The Bertz CT molecular complexity index is 815. The summed E-state index contributed by atoms with van der Waals surface area (Å²) in [5.41, 5.74) is 7.74. The van der Waals surface area contributed by atoms with Crippen LogP contribution in [0, 0.1) is 0 Å². The molecule has 1 aliphatic rings. The Kier molecular flexibility index (Phi) is 6.60. The van der Waals surface area contributed by atoms with Crippen LogP contribution in [0.3, 0.4) is 0 Å². The topological polar surface area (TPSA) is 94.2 Å². The lowest BCUT2D eigenvalue weighted by Gasteiger charge is -2.36. The van der Waals surface area contributed by atoms with E-state index in [4.69, 9.17) is 17.3 Å². The number of carbonyl (C=O) groups excluding carboxylic acids is 1.